The molecule has 0 bridgehead atoms. The summed E-state index contributed by atoms with van der Waals surface area (Å²) >= 11 is 0. The molecule has 0 aromatic carbocycles. The average molecular weight is 225 g/mol. The van der Waals surface area contributed by atoms with Crippen LogP contribution in [0.3, 0.4) is 0 Å². The molecule has 1 heterocycles. The van der Waals surface area contributed by atoms with Crippen LogP contribution in [0.5, 0.6) is 0 Å². The minimum Gasteiger partial charge on any atom is -0.359 e. The van der Waals surface area contributed by atoms with Crippen molar-refractivity contribution in [2.45, 2.75) is 39.2 Å². The van der Waals surface area contributed by atoms with Gasteiger partial charge in [0.25, 0.3) is 0 Å². The molecule has 1 aromatic rings. The summed E-state index contributed by atoms with van der Waals surface area (Å²) in [5.74, 6) is 0.909. The lowest BCUT2D eigenvalue weighted by Crippen LogP contribution is -2.29. The first-order valence-electron chi connectivity index (χ1n) is 5.63. The van der Waals surface area contributed by atoms with Crippen molar-refractivity contribution in [2.75, 3.05) is 6.54 Å². The van der Waals surface area contributed by atoms with E-state index >= 15 is 0 Å². The number of carbonyl (C=O) groups is 1. The number of amides is 1. The van der Waals surface area contributed by atoms with Crippen LogP contribution < -0.4 is 11.1 Å². The zero-order valence-electron chi connectivity index (χ0n) is 9.82. The summed E-state index contributed by atoms with van der Waals surface area (Å²) in [4.78, 5) is 10.9. The first kappa shape index (κ1) is 12.7. The Balaban J connectivity index is 2.54. The molecule has 1 amide bonds. The van der Waals surface area contributed by atoms with Gasteiger partial charge in [0.2, 0.25) is 5.91 Å². The van der Waals surface area contributed by atoms with Crippen molar-refractivity contribution in [3.63, 3.8) is 0 Å². The van der Waals surface area contributed by atoms with Crippen LogP contribution in [-0.4, -0.2) is 17.6 Å². The molecule has 1 aromatic heterocycles. The van der Waals surface area contributed by atoms with Crippen LogP contribution in [0.25, 0.3) is 0 Å². The minimum atomic E-state index is -0.194. The third-order valence-electron chi connectivity index (χ3n) is 2.63. The van der Waals surface area contributed by atoms with Gasteiger partial charge in [0, 0.05) is 12.0 Å². The zero-order chi connectivity index (χ0) is 12.0. The predicted octanol–water partition coefficient (Wildman–Crippen LogP) is 1.15. The highest BCUT2D eigenvalue weighted by Crippen LogP contribution is 2.22. The highest BCUT2D eigenvalue weighted by atomic mass is 16.5. The van der Waals surface area contributed by atoms with Crippen molar-refractivity contribution in [3.05, 3.63) is 17.5 Å². The fourth-order valence-corrected chi connectivity index (χ4v) is 1.57. The maximum absolute atomic E-state index is 10.9. The van der Waals surface area contributed by atoms with E-state index in [9.17, 15) is 4.79 Å². The van der Waals surface area contributed by atoms with Gasteiger partial charge in [-0.2, -0.15) is 0 Å². The molecule has 5 heteroatoms. The molecular formula is C11H19N3O2. The lowest BCUT2D eigenvalue weighted by atomic mass is 9.99. The Morgan fingerprint density at radius 2 is 2.25 bits per heavy atom. The number of hydrogen-bond acceptors (Lipinski definition) is 4. The summed E-state index contributed by atoms with van der Waals surface area (Å²) in [6.45, 7) is 4.59. The van der Waals surface area contributed by atoms with Crippen LogP contribution in [0, 0.1) is 0 Å². The molecule has 0 aliphatic carbocycles. The normalized spacial score (nSPS) is 10.8. The zero-order valence-corrected chi connectivity index (χ0v) is 9.82. The standard InChI is InChI=1S/C11H19N3O2/c1-3-8(4-2)10-5-9(16-14-10)7-13-11(15)6-12/h5,8H,3-4,6-7,12H2,1-2H3,(H,13,15). The van der Waals surface area contributed by atoms with Gasteiger partial charge in [0.05, 0.1) is 18.8 Å². The molecule has 1 rings (SSSR count). The smallest absolute Gasteiger partial charge is 0.234 e. The van der Waals surface area contributed by atoms with E-state index in [1.807, 2.05) is 6.07 Å². The van der Waals surface area contributed by atoms with Crippen LogP contribution >= 0.6 is 0 Å². The lowest BCUT2D eigenvalue weighted by molar-refractivity contribution is -0.119. The molecule has 5 nitrogen and oxygen atoms in total. The Labute approximate surface area is 95.4 Å². The monoisotopic (exact) mass is 225 g/mol. The number of nitrogens with two attached hydrogens (primary N) is 1. The number of rotatable bonds is 6. The van der Waals surface area contributed by atoms with Gasteiger partial charge in [-0.05, 0) is 12.8 Å². The number of nitrogens with zero attached hydrogens (tertiary/aromatic N) is 1. The molecular weight excluding hydrogens is 206 g/mol. The van der Waals surface area contributed by atoms with Crippen molar-refractivity contribution in [1.82, 2.24) is 10.5 Å². The SMILES string of the molecule is CCC(CC)c1cc(CNC(=O)CN)on1. The first-order chi connectivity index (χ1) is 7.71. The third-order valence-corrected chi connectivity index (χ3v) is 2.63. The summed E-state index contributed by atoms with van der Waals surface area (Å²) in [5, 5.41) is 6.64. The molecule has 3 N–H and O–H groups in total. The number of aromatic nitrogens is 1. The van der Waals surface area contributed by atoms with Gasteiger partial charge in [-0.3, -0.25) is 4.79 Å². The molecule has 0 aliphatic rings. The van der Waals surface area contributed by atoms with Gasteiger partial charge in [0.15, 0.2) is 5.76 Å². The summed E-state index contributed by atoms with van der Waals surface area (Å²) in [5.41, 5.74) is 6.13. The van der Waals surface area contributed by atoms with E-state index in [1.54, 1.807) is 0 Å². The largest absolute Gasteiger partial charge is 0.359 e. The van der Waals surface area contributed by atoms with Crippen LogP contribution in [-0.2, 0) is 11.3 Å². The van der Waals surface area contributed by atoms with Crippen molar-refractivity contribution in [1.29, 1.82) is 0 Å². The molecule has 0 spiro atoms. The topological polar surface area (TPSA) is 81.2 Å². The Hall–Kier alpha value is -1.36. The fourth-order valence-electron chi connectivity index (χ4n) is 1.57. The summed E-state index contributed by atoms with van der Waals surface area (Å²) in [6, 6.07) is 1.90. The maximum Gasteiger partial charge on any atom is 0.234 e. The van der Waals surface area contributed by atoms with Gasteiger partial charge in [-0.1, -0.05) is 19.0 Å². The van der Waals surface area contributed by atoms with Gasteiger partial charge >= 0.3 is 0 Å². The van der Waals surface area contributed by atoms with E-state index in [4.69, 9.17) is 10.3 Å². The summed E-state index contributed by atoms with van der Waals surface area (Å²) in [6.07, 6.45) is 2.08. The predicted molar refractivity (Wildman–Crippen MR) is 60.7 cm³/mol. The van der Waals surface area contributed by atoms with Crippen LogP contribution in [0.4, 0.5) is 0 Å². The second kappa shape index (κ2) is 6.27. The second-order valence-corrected chi connectivity index (χ2v) is 3.71. The fraction of sp³-hybridized carbons (Fsp3) is 0.636. The van der Waals surface area contributed by atoms with E-state index in [2.05, 4.69) is 24.3 Å². The number of nitrogens with one attached hydrogen (secondary N) is 1. The number of carbonyl (C=O) groups excluding carboxylic acids is 1. The van der Waals surface area contributed by atoms with Gasteiger partial charge in [-0.25, -0.2) is 0 Å². The van der Waals surface area contributed by atoms with E-state index in [-0.39, 0.29) is 12.5 Å². The molecule has 0 aliphatic heterocycles. The second-order valence-electron chi connectivity index (χ2n) is 3.71. The van der Waals surface area contributed by atoms with E-state index in [1.165, 1.54) is 0 Å². The Morgan fingerprint density at radius 3 is 2.81 bits per heavy atom. The van der Waals surface area contributed by atoms with E-state index < -0.39 is 0 Å². The summed E-state index contributed by atoms with van der Waals surface area (Å²) in [7, 11) is 0. The van der Waals surface area contributed by atoms with E-state index in [0.717, 1.165) is 18.5 Å². The molecule has 0 saturated carbocycles. The highest BCUT2D eigenvalue weighted by molar-refractivity contribution is 5.77. The van der Waals surface area contributed by atoms with Crippen molar-refractivity contribution in [3.8, 4) is 0 Å². The Morgan fingerprint density at radius 1 is 1.56 bits per heavy atom. The van der Waals surface area contributed by atoms with Crippen LogP contribution in [0.2, 0.25) is 0 Å². The van der Waals surface area contributed by atoms with E-state index in [0.29, 0.717) is 18.2 Å². The minimum absolute atomic E-state index is 0.00641. The van der Waals surface area contributed by atoms with Crippen LogP contribution in [0.1, 0.15) is 44.1 Å². The molecule has 16 heavy (non-hydrogen) atoms. The van der Waals surface area contributed by atoms with Crippen molar-refractivity contribution in [2.24, 2.45) is 5.73 Å². The van der Waals surface area contributed by atoms with Gasteiger partial charge < -0.3 is 15.6 Å². The maximum atomic E-state index is 10.9. The summed E-state index contributed by atoms with van der Waals surface area (Å²) < 4.78 is 5.14. The quantitative estimate of drug-likeness (QED) is 0.761. The molecule has 0 saturated heterocycles. The Kier molecular flexibility index (Phi) is 4.98. The first-order valence-corrected chi connectivity index (χ1v) is 5.63. The highest BCUT2D eigenvalue weighted by Gasteiger charge is 2.12. The molecule has 90 valence electrons. The van der Waals surface area contributed by atoms with Crippen LogP contribution in [0.15, 0.2) is 10.6 Å². The van der Waals surface area contributed by atoms with Gasteiger partial charge in [0.1, 0.15) is 0 Å². The van der Waals surface area contributed by atoms with Gasteiger partial charge in [-0.15, -0.1) is 0 Å². The molecule has 0 fully saturated rings. The Bertz CT molecular complexity index is 332. The molecule has 0 atom stereocenters. The van der Waals surface area contributed by atoms with Crippen molar-refractivity contribution < 1.29 is 9.32 Å². The molecule has 0 unspecified atom stereocenters. The average Bonchev–Trinajstić information content (AvgIpc) is 2.76. The number of hydrogen-bond donors (Lipinski definition) is 2. The third kappa shape index (κ3) is 3.34. The van der Waals surface area contributed by atoms with Crippen molar-refractivity contribution >= 4 is 5.91 Å². The lowest BCUT2D eigenvalue weighted by Gasteiger charge is -2.05. The molecule has 0 radical (unpaired) electrons.